The van der Waals surface area contributed by atoms with E-state index in [-0.39, 0.29) is 4.90 Å². The number of unbranched alkanes of at least 4 members (excludes halogenated alkanes) is 1. The van der Waals surface area contributed by atoms with E-state index in [1.165, 1.54) is 12.1 Å². The molecule has 6 heteroatoms. The van der Waals surface area contributed by atoms with Crippen LogP contribution in [0.15, 0.2) is 64.0 Å². The van der Waals surface area contributed by atoms with Crippen LogP contribution >= 0.6 is 0 Å². The van der Waals surface area contributed by atoms with Crippen molar-refractivity contribution in [2.75, 3.05) is 0 Å². The third-order valence-corrected chi connectivity index (χ3v) is 4.97. The van der Waals surface area contributed by atoms with Crippen LogP contribution in [0.2, 0.25) is 0 Å². The van der Waals surface area contributed by atoms with Gasteiger partial charge in [-0.3, -0.25) is 0 Å². The number of nitrogens with two attached hydrogens (primary N) is 1. The molecule has 5 nitrogen and oxygen atoms in total. The first kappa shape index (κ1) is 17.4. The highest BCUT2D eigenvalue weighted by Gasteiger charge is 2.19. The van der Waals surface area contributed by atoms with Gasteiger partial charge >= 0.3 is 0 Å². The van der Waals surface area contributed by atoms with Gasteiger partial charge in [-0.15, -0.1) is 0 Å². The molecular formula is C19H20N2O3S. The Kier molecular flexibility index (Phi) is 5.01. The van der Waals surface area contributed by atoms with Crippen molar-refractivity contribution in [1.29, 1.82) is 0 Å². The zero-order valence-corrected chi connectivity index (χ0v) is 14.8. The van der Waals surface area contributed by atoms with E-state index < -0.39 is 10.0 Å². The van der Waals surface area contributed by atoms with E-state index in [9.17, 15) is 8.42 Å². The maximum atomic E-state index is 11.5. The van der Waals surface area contributed by atoms with Crippen molar-refractivity contribution in [3.05, 3.63) is 60.4 Å². The summed E-state index contributed by atoms with van der Waals surface area (Å²) in [6.45, 7) is 2.12. The van der Waals surface area contributed by atoms with E-state index in [0.29, 0.717) is 0 Å². The van der Waals surface area contributed by atoms with Crippen molar-refractivity contribution in [2.24, 2.45) is 5.14 Å². The number of aromatic nitrogens is 1. The highest BCUT2D eigenvalue weighted by molar-refractivity contribution is 7.89. The average Bonchev–Trinajstić information content (AvgIpc) is 3.04. The van der Waals surface area contributed by atoms with Crippen molar-refractivity contribution >= 4 is 10.0 Å². The van der Waals surface area contributed by atoms with Crippen LogP contribution in [0.3, 0.4) is 0 Å². The molecule has 0 bridgehead atoms. The third kappa shape index (κ3) is 3.81. The maximum Gasteiger partial charge on any atom is 0.238 e. The molecular weight excluding hydrogens is 336 g/mol. The molecule has 0 spiro atoms. The summed E-state index contributed by atoms with van der Waals surface area (Å²) in [5.74, 6) is 0.809. The van der Waals surface area contributed by atoms with Crippen LogP contribution in [-0.4, -0.2) is 13.6 Å². The highest BCUT2D eigenvalue weighted by Crippen LogP contribution is 2.35. The molecule has 2 aromatic carbocycles. The van der Waals surface area contributed by atoms with Crippen molar-refractivity contribution < 1.29 is 12.9 Å². The number of primary sulfonamides is 1. The van der Waals surface area contributed by atoms with E-state index in [2.05, 4.69) is 12.1 Å². The Morgan fingerprint density at radius 2 is 1.68 bits per heavy atom. The Balaban J connectivity index is 2.10. The molecule has 1 heterocycles. The highest BCUT2D eigenvalue weighted by atomic mass is 32.2. The fourth-order valence-corrected chi connectivity index (χ4v) is 3.25. The minimum atomic E-state index is -3.71. The van der Waals surface area contributed by atoms with Gasteiger partial charge in [-0.05, 0) is 24.1 Å². The fourth-order valence-electron chi connectivity index (χ4n) is 2.73. The summed E-state index contributed by atoms with van der Waals surface area (Å²) in [5.41, 5.74) is 3.48. The molecule has 0 unspecified atom stereocenters. The lowest BCUT2D eigenvalue weighted by atomic mass is 9.97. The molecule has 0 amide bonds. The number of hydrogen-bond acceptors (Lipinski definition) is 4. The quantitative estimate of drug-likeness (QED) is 0.723. The predicted octanol–water partition coefficient (Wildman–Crippen LogP) is 4.00. The molecule has 0 radical (unpaired) electrons. The lowest BCUT2D eigenvalue weighted by Gasteiger charge is -2.06. The van der Waals surface area contributed by atoms with Crippen LogP contribution in [0.4, 0.5) is 0 Å². The molecule has 3 aromatic rings. The van der Waals surface area contributed by atoms with Crippen molar-refractivity contribution in [3.63, 3.8) is 0 Å². The molecule has 25 heavy (non-hydrogen) atoms. The summed E-state index contributed by atoms with van der Waals surface area (Å²) in [6.07, 6.45) is 2.82. The minimum Gasteiger partial charge on any atom is -0.360 e. The van der Waals surface area contributed by atoms with Gasteiger partial charge in [0.05, 0.1) is 10.5 Å². The molecule has 0 aliphatic heterocycles. The van der Waals surface area contributed by atoms with Gasteiger partial charge in [0.2, 0.25) is 10.0 Å². The number of hydrogen-bond donors (Lipinski definition) is 1. The van der Waals surface area contributed by atoms with Gasteiger partial charge in [0.25, 0.3) is 0 Å². The first-order chi connectivity index (χ1) is 12.0. The monoisotopic (exact) mass is 356 g/mol. The lowest BCUT2D eigenvalue weighted by molar-refractivity contribution is 0.383. The second-order valence-corrected chi connectivity index (χ2v) is 7.43. The number of sulfonamides is 1. The van der Waals surface area contributed by atoms with Crippen molar-refractivity contribution in [2.45, 2.75) is 31.1 Å². The molecule has 1 aromatic heterocycles. The van der Waals surface area contributed by atoms with Crippen LogP contribution in [0.5, 0.6) is 0 Å². The molecule has 0 atom stereocenters. The zero-order chi connectivity index (χ0) is 17.9. The number of rotatable bonds is 6. The van der Waals surface area contributed by atoms with E-state index in [1.807, 2.05) is 30.3 Å². The molecule has 0 aliphatic rings. The van der Waals surface area contributed by atoms with E-state index >= 15 is 0 Å². The SMILES string of the molecule is CCCCc1onc(-c2ccccc2)c1-c1ccc(S(N)(=O)=O)cc1. The van der Waals surface area contributed by atoms with E-state index in [4.69, 9.17) is 9.66 Å². The maximum absolute atomic E-state index is 11.5. The van der Waals surface area contributed by atoms with Gasteiger partial charge in [0, 0.05) is 12.0 Å². The Morgan fingerprint density at radius 3 is 2.28 bits per heavy atom. The standard InChI is InChI=1S/C19H20N2O3S/c1-2-3-9-17-18(14-10-12-16(13-11-14)25(20,22)23)19(21-24-17)15-7-5-4-6-8-15/h4-8,10-13H,2-3,9H2,1H3,(H2,20,22,23). The molecule has 130 valence electrons. The molecule has 0 fully saturated rings. The average molecular weight is 356 g/mol. The molecule has 0 aliphatic carbocycles. The fraction of sp³-hybridized carbons (Fsp3) is 0.211. The minimum absolute atomic E-state index is 0.0871. The largest absolute Gasteiger partial charge is 0.360 e. The summed E-state index contributed by atoms with van der Waals surface area (Å²) in [7, 11) is -3.71. The summed E-state index contributed by atoms with van der Waals surface area (Å²) in [4.78, 5) is 0.0871. The normalized spacial score (nSPS) is 11.6. The van der Waals surface area contributed by atoms with Crippen LogP contribution in [0, 0.1) is 0 Å². The predicted molar refractivity (Wildman–Crippen MR) is 97.4 cm³/mol. The van der Waals surface area contributed by atoms with Crippen LogP contribution < -0.4 is 5.14 Å². The van der Waals surface area contributed by atoms with Crippen LogP contribution in [0.1, 0.15) is 25.5 Å². The van der Waals surface area contributed by atoms with Gasteiger partial charge < -0.3 is 4.52 Å². The lowest BCUT2D eigenvalue weighted by Crippen LogP contribution is -2.11. The summed E-state index contributed by atoms with van der Waals surface area (Å²) < 4.78 is 28.6. The first-order valence-electron chi connectivity index (χ1n) is 8.18. The molecule has 0 saturated heterocycles. The Morgan fingerprint density at radius 1 is 1.00 bits per heavy atom. The Hall–Kier alpha value is -2.44. The second kappa shape index (κ2) is 7.21. The molecule has 2 N–H and O–H groups in total. The summed E-state index contributed by atoms with van der Waals surface area (Å²) >= 11 is 0. The topological polar surface area (TPSA) is 86.2 Å². The van der Waals surface area contributed by atoms with Crippen molar-refractivity contribution in [3.8, 4) is 22.4 Å². The van der Waals surface area contributed by atoms with Crippen LogP contribution in [-0.2, 0) is 16.4 Å². The van der Waals surface area contributed by atoms with Gasteiger partial charge in [-0.25, -0.2) is 13.6 Å². The van der Waals surface area contributed by atoms with E-state index in [0.717, 1.165) is 47.4 Å². The van der Waals surface area contributed by atoms with Gasteiger partial charge in [0.1, 0.15) is 11.5 Å². The number of aryl methyl sites for hydroxylation is 1. The van der Waals surface area contributed by atoms with Crippen LogP contribution in [0.25, 0.3) is 22.4 Å². The van der Waals surface area contributed by atoms with E-state index in [1.54, 1.807) is 12.1 Å². The zero-order valence-electron chi connectivity index (χ0n) is 14.0. The summed E-state index contributed by atoms with van der Waals surface area (Å²) in [5, 5.41) is 9.45. The third-order valence-electron chi connectivity index (χ3n) is 4.04. The van der Waals surface area contributed by atoms with Gasteiger partial charge in [-0.2, -0.15) is 0 Å². The summed E-state index contributed by atoms with van der Waals surface area (Å²) in [6, 6.07) is 16.3. The molecule has 0 saturated carbocycles. The first-order valence-corrected chi connectivity index (χ1v) is 9.72. The number of benzene rings is 2. The Bertz CT molecular complexity index is 946. The Labute approximate surface area is 147 Å². The molecule has 3 rings (SSSR count). The van der Waals surface area contributed by atoms with Gasteiger partial charge in [-0.1, -0.05) is 61.0 Å². The smallest absolute Gasteiger partial charge is 0.238 e. The van der Waals surface area contributed by atoms with Gasteiger partial charge in [0.15, 0.2) is 0 Å². The number of nitrogens with zero attached hydrogens (tertiary/aromatic N) is 1. The second-order valence-electron chi connectivity index (χ2n) is 5.87. The van der Waals surface area contributed by atoms with Crippen molar-refractivity contribution in [1.82, 2.24) is 5.16 Å².